The minimum absolute atomic E-state index is 0.250. The lowest BCUT2D eigenvalue weighted by molar-refractivity contribution is 0.573. The van der Waals surface area contributed by atoms with Crippen LogP contribution in [0.5, 0.6) is 0 Å². The topological polar surface area (TPSA) is 20.2 Å². The molecule has 0 unspecified atom stereocenters. The van der Waals surface area contributed by atoms with E-state index in [9.17, 15) is 0 Å². The van der Waals surface area contributed by atoms with Gasteiger partial charge in [0.1, 0.15) is 0 Å². The highest BCUT2D eigenvalue weighted by molar-refractivity contribution is 7.80. The third-order valence-electron chi connectivity index (χ3n) is 0. The lowest BCUT2D eigenvalue weighted by Gasteiger charge is -1.64. The van der Waals surface area contributed by atoms with Crippen LogP contribution in [0.25, 0.3) is 0 Å². The summed E-state index contributed by atoms with van der Waals surface area (Å²) in [6.07, 6.45) is 0. The molecule has 0 atom stereocenters. The molecular formula is C2H3OS. The maximum Gasteiger partial charge on any atom is 0.156 e. The van der Waals surface area contributed by atoms with Crippen LogP contribution in [0.3, 0.4) is 0 Å². The average Bonchev–Trinajstić information content (AvgIpc) is 0.811. The first-order chi connectivity index (χ1) is 1.73. The molecule has 0 saturated heterocycles. The van der Waals surface area contributed by atoms with Gasteiger partial charge in [0.05, 0.1) is 0 Å². The molecule has 0 spiro atoms. The highest BCUT2D eigenvalue weighted by atomic mass is 32.1. The zero-order valence-electron chi connectivity index (χ0n) is 2.06. The molecule has 0 fully saturated rings. The molecule has 0 rings (SSSR count). The quantitative estimate of drug-likeness (QED) is 0.428. The third kappa shape index (κ3) is 124. The number of hydrogen-bond acceptors (Lipinski definition) is 1. The van der Waals surface area contributed by atoms with Gasteiger partial charge in [-0.05, 0) is 12.2 Å². The number of thiocarbonyl (C=S) groups is 1. The Kier molecular flexibility index (Phi) is 1.20. The molecule has 0 aromatic carbocycles. The molecule has 0 aromatic heterocycles. The standard InChI is InChI=1S/C2H3OS/c1-2(3)4/h1H2,(H,3,4). The molecule has 1 nitrogen and oxygen atoms in total. The first kappa shape index (κ1) is 3.89. The summed E-state index contributed by atoms with van der Waals surface area (Å²) >= 11 is 3.98. The zero-order chi connectivity index (χ0) is 3.58. The molecule has 0 aromatic rings. The van der Waals surface area contributed by atoms with Crippen LogP contribution in [-0.4, -0.2) is 10.2 Å². The number of aliphatic hydroxyl groups is 1. The molecule has 0 saturated carbocycles. The molecule has 0 aliphatic carbocycles. The predicted molar refractivity (Wildman–Crippen MR) is 20.6 cm³/mol. The van der Waals surface area contributed by atoms with Crippen molar-refractivity contribution >= 4 is 17.3 Å². The van der Waals surface area contributed by atoms with Crippen LogP contribution in [-0.2, 0) is 0 Å². The largest absolute Gasteiger partial charge is 0.502 e. The summed E-state index contributed by atoms with van der Waals surface area (Å²) in [5.41, 5.74) is 0. The van der Waals surface area contributed by atoms with Gasteiger partial charge in [0.2, 0.25) is 0 Å². The fourth-order valence-corrected chi connectivity index (χ4v) is 0. The maximum absolute atomic E-state index is 7.68. The summed E-state index contributed by atoms with van der Waals surface area (Å²) in [4.78, 5) is 0. The van der Waals surface area contributed by atoms with Gasteiger partial charge in [-0.15, -0.1) is 0 Å². The van der Waals surface area contributed by atoms with E-state index in [0.29, 0.717) is 0 Å². The van der Waals surface area contributed by atoms with E-state index >= 15 is 0 Å². The molecule has 0 heterocycles. The van der Waals surface area contributed by atoms with Crippen LogP contribution in [0, 0.1) is 6.92 Å². The van der Waals surface area contributed by atoms with Gasteiger partial charge < -0.3 is 5.11 Å². The van der Waals surface area contributed by atoms with E-state index in [1.165, 1.54) is 0 Å². The molecule has 23 valence electrons. The van der Waals surface area contributed by atoms with E-state index in [4.69, 9.17) is 5.11 Å². The van der Waals surface area contributed by atoms with E-state index in [1.54, 1.807) is 0 Å². The van der Waals surface area contributed by atoms with E-state index in [1.807, 2.05) is 0 Å². The van der Waals surface area contributed by atoms with E-state index < -0.39 is 0 Å². The smallest absolute Gasteiger partial charge is 0.156 e. The summed E-state index contributed by atoms with van der Waals surface area (Å²) in [6, 6.07) is 0. The SMILES string of the molecule is [CH2]C(O)=S. The Morgan fingerprint density at radius 2 is 2.00 bits per heavy atom. The number of hydrogen-bond donors (Lipinski definition) is 1. The van der Waals surface area contributed by atoms with Crippen molar-refractivity contribution in [1.29, 1.82) is 0 Å². The Balaban J connectivity index is 2.80. The van der Waals surface area contributed by atoms with Crippen molar-refractivity contribution < 1.29 is 5.11 Å². The van der Waals surface area contributed by atoms with Crippen LogP contribution in [0.1, 0.15) is 0 Å². The zero-order valence-corrected chi connectivity index (χ0v) is 2.88. The van der Waals surface area contributed by atoms with Gasteiger partial charge in [0.25, 0.3) is 0 Å². The highest BCUT2D eigenvalue weighted by Crippen LogP contribution is 1.53. The highest BCUT2D eigenvalue weighted by Gasteiger charge is 1.58. The molecule has 1 radical (unpaired) electrons. The Hall–Kier alpha value is -0.110. The number of rotatable bonds is 0. The molecule has 0 amide bonds. The van der Waals surface area contributed by atoms with Crippen LogP contribution in [0.15, 0.2) is 0 Å². The van der Waals surface area contributed by atoms with Crippen molar-refractivity contribution in [2.75, 3.05) is 0 Å². The summed E-state index contributed by atoms with van der Waals surface area (Å²) in [7, 11) is 0. The summed E-state index contributed by atoms with van der Waals surface area (Å²) in [5.74, 6) is 0. The second kappa shape index (κ2) is 1.24. The van der Waals surface area contributed by atoms with Gasteiger partial charge in [0.15, 0.2) is 5.05 Å². The van der Waals surface area contributed by atoms with Crippen molar-refractivity contribution in [2.45, 2.75) is 0 Å². The third-order valence-corrected chi connectivity index (χ3v) is 0. The van der Waals surface area contributed by atoms with Crippen LogP contribution in [0.4, 0.5) is 0 Å². The second-order valence-corrected chi connectivity index (χ2v) is 0.865. The summed E-state index contributed by atoms with van der Waals surface area (Å²) < 4.78 is 0. The molecule has 0 aliphatic rings. The Morgan fingerprint density at radius 3 is 2.00 bits per heavy atom. The lowest BCUT2D eigenvalue weighted by atomic mass is 10.9. The summed E-state index contributed by atoms with van der Waals surface area (Å²) in [5, 5.41) is 7.43. The van der Waals surface area contributed by atoms with Crippen molar-refractivity contribution in [3.8, 4) is 0 Å². The lowest BCUT2D eigenvalue weighted by Crippen LogP contribution is -1.73. The molecule has 2 heteroatoms. The monoisotopic (exact) mass is 75.0 g/mol. The first-order valence-corrected chi connectivity index (χ1v) is 1.19. The Bertz CT molecular complexity index is 29.0. The first-order valence-electron chi connectivity index (χ1n) is 0.781. The van der Waals surface area contributed by atoms with Crippen molar-refractivity contribution in [3.05, 3.63) is 6.92 Å². The van der Waals surface area contributed by atoms with Crippen molar-refractivity contribution in [1.82, 2.24) is 0 Å². The van der Waals surface area contributed by atoms with Gasteiger partial charge >= 0.3 is 0 Å². The fraction of sp³-hybridized carbons (Fsp3) is 0. The molecule has 4 heavy (non-hydrogen) atoms. The van der Waals surface area contributed by atoms with E-state index in [0.717, 1.165) is 0 Å². The van der Waals surface area contributed by atoms with Gasteiger partial charge in [-0.25, -0.2) is 0 Å². The van der Waals surface area contributed by atoms with Gasteiger partial charge in [-0.1, -0.05) is 0 Å². The minimum Gasteiger partial charge on any atom is -0.502 e. The second-order valence-electron chi connectivity index (χ2n) is 0.394. The Labute approximate surface area is 30.3 Å². The summed E-state index contributed by atoms with van der Waals surface area (Å²) in [6.45, 7) is 2.93. The van der Waals surface area contributed by atoms with E-state index in [-0.39, 0.29) is 5.05 Å². The molecule has 0 aliphatic heterocycles. The van der Waals surface area contributed by atoms with E-state index in [2.05, 4.69) is 19.1 Å². The normalized spacial score (nSPS) is 6.25. The molecule has 0 bridgehead atoms. The van der Waals surface area contributed by atoms with Gasteiger partial charge in [-0.3, -0.25) is 0 Å². The van der Waals surface area contributed by atoms with Crippen molar-refractivity contribution in [2.24, 2.45) is 0 Å². The van der Waals surface area contributed by atoms with Crippen LogP contribution >= 0.6 is 12.2 Å². The molecular weight excluding hydrogens is 72.1 g/mol. The fourth-order valence-electron chi connectivity index (χ4n) is 0. The van der Waals surface area contributed by atoms with Gasteiger partial charge in [-0.2, -0.15) is 0 Å². The molecule has 1 N–H and O–H groups in total. The Morgan fingerprint density at radius 1 is 2.00 bits per heavy atom. The maximum atomic E-state index is 7.68. The minimum atomic E-state index is -0.250. The van der Waals surface area contributed by atoms with Gasteiger partial charge in [0, 0.05) is 6.92 Å². The number of aliphatic hydroxyl groups excluding tert-OH is 1. The average molecular weight is 75.1 g/mol. The van der Waals surface area contributed by atoms with Crippen LogP contribution < -0.4 is 0 Å². The predicted octanol–water partition coefficient (Wildman–Crippen LogP) is 0.706. The van der Waals surface area contributed by atoms with Crippen molar-refractivity contribution in [3.63, 3.8) is 0 Å². The van der Waals surface area contributed by atoms with Crippen LogP contribution in [0.2, 0.25) is 0 Å².